The molecule has 2 aromatic rings. The van der Waals surface area contributed by atoms with Crippen LogP contribution < -0.4 is 9.22 Å². The summed E-state index contributed by atoms with van der Waals surface area (Å²) in [6, 6.07) is 13.2. The molecule has 0 aliphatic carbocycles. The number of quaternary nitrogens is 1. The van der Waals surface area contributed by atoms with Crippen LogP contribution in [-0.2, 0) is 4.74 Å². The third kappa shape index (κ3) is 6.25. The van der Waals surface area contributed by atoms with Gasteiger partial charge in [-0.05, 0) is 79.8 Å². The summed E-state index contributed by atoms with van der Waals surface area (Å²) in [5, 5.41) is 10.1. The van der Waals surface area contributed by atoms with E-state index in [1.165, 1.54) is 17.3 Å². The molecular formula is C25H27IN3O6+. The lowest BCUT2D eigenvalue weighted by Gasteiger charge is -2.28. The molecule has 1 atom stereocenters. The summed E-state index contributed by atoms with van der Waals surface area (Å²) in [6.45, 7) is 5.54. The Labute approximate surface area is 217 Å². The van der Waals surface area contributed by atoms with Gasteiger partial charge in [0.25, 0.3) is 0 Å². The number of aliphatic imine (C=N–C) groups is 1. The molecule has 1 heterocycles. The van der Waals surface area contributed by atoms with Crippen molar-refractivity contribution in [1.29, 1.82) is 0 Å². The first-order valence-electron chi connectivity index (χ1n) is 10.8. The van der Waals surface area contributed by atoms with Crippen molar-refractivity contribution in [3.63, 3.8) is 0 Å². The van der Waals surface area contributed by atoms with Crippen LogP contribution in [0.15, 0.2) is 65.9 Å². The summed E-state index contributed by atoms with van der Waals surface area (Å²) >= 11 is 2.15. The van der Waals surface area contributed by atoms with Gasteiger partial charge in [0.05, 0.1) is 18.2 Å². The van der Waals surface area contributed by atoms with Crippen molar-refractivity contribution < 1.29 is 29.0 Å². The number of hydrogen-bond acceptors (Lipinski definition) is 6. The van der Waals surface area contributed by atoms with Gasteiger partial charge in [0.2, 0.25) is 5.84 Å². The lowest BCUT2D eigenvalue weighted by atomic mass is 10.2. The van der Waals surface area contributed by atoms with Crippen LogP contribution >= 0.6 is 22.6 Å². The Balaban J connectivity index is 1.74. The van der Waals surface area contributed by atoms with Crippen molar-refractivity contribution in [3.8, 4) is 5.75 Å². The highest BCUT2D eigenvalue weighted by Gasteiger charge is 2.46. The normalized spacial score (nSPS) is 17.0. The fourth-order valence-corrected chi connectivity index (χ4v) is 3.72. The predicted octanol–water partition coefficient (Wildman–Crippen LogP) is 5.64. The molecule has 0 saturated carbocycles. The molecule has 1 aliphatic rings. The first kappa shape index (κ1) is 26.4. The second-order valence-corrected chi connectivity index (χ2v) is 10.1. The largest absolute Gasteiger partial charge is 0.529 e. The molecule has 0 bridgehead atoms. The van der Waals surface area contributed by atoms with E-state index in [2.05, 4.69) is 27.6 Å². The smallest absolute Gasteiger partial charge is 0.444 e. The standard InChI is InChI=1S/C25H26IN3O6/c1-25(2,3)35-23(31)28(4)15-13-21-27-14-16-29(21,24(32)33)19-9-11-20(12-10-19)34-22(30)17-5-7-18(26)8-6-17/h5-12,14,16H,13,15H2,1-4H3/p+1. The van der Waals surface area contributed by atoms with Gasteiger partial charge in [-0.1, -0.05) is 0 Å². The van der Waals surface area contributed by atoms with Crippen LogP contribution in [-0.4, -0.2) is 53.2 Å². The molecule has 9 nitrogen and oxygen atoms in total. The molecule has 2 amide bonds. The Morgan fingerprint density at radius 2 is 1.69 bits per heavy atom. The van der Waals surface area contributed by atoms with Crippen molar-refractivity contribution in [2.24, 2.45) is 4.99 Å². The van der Waals surface area contributed by atoms with E-state index in [1.807, 2.05) is 12.1 Å². The maximum Gasteiger partial charge on any atom is 0.529 e. The monoisotopic (exact) mass is 592 g/mol. The average Bonchev–Trinajstić information content (AvgIpc) is 3.22. The summed E-state index contributed by atoms with van der Waals surface area (Å²) < 4.78 is 11.1. The second kappa shape index (κ2) is 10.6. The summed E-state index contributed by atoms with van der Waals surface area (Å²) in [4.78, 5) is 42.7. The molecular weight excluding hydrogens is 565 g/mol. The SMILES string of the molecule is CN(CCC1=NC=C[N+]1(C(=O)O)c1ccc(OC(=O)c2ccc(I)cc2)cc1)C(=O)OC(C)(C)C. The van der Waals surface area contributed by atoms with Crippen LogP contribution in [0.5, 0.6) is 5.75 Å². The maximum absolute atomic E-state index is 12.4. The van der Waals surface area contributed by atoms with E-state index in [1.54, 1.807) is 64.2 Å². The number of halogens is 1. The number of benzene rings is 2. The topological polar surface area (TPSA) is 106 Å². The molecule has 0 fully saturated rings. The Bertz CT molecular complexity index is 1170. The summed E-state index contributed by atoms with van der Waals surface area (Å²) in [7, 11) is 1.59. The Morgan fingerprint density at radius 1 is 1.06 bits per heavy atom. The molecule has 0 spiro atoms. The van der Waals surface area contributed by atoms with Gasteiger partial charge in [-0.3, -0.25) is 0 Å². The predicted molar refractivity (Wildman–Crippen MR) is 140 cm³/mol. The Morgan fingerprint density at radius 3 is 2.26 bits per heavy atom. The van der Waals surface area contributed by atoms with E-state index in [0.29, 0.717) is 17.1 Å². The number of amidine groups is 1. The number of carbonyl (C=O) groups is 3. The first-order valence-corrected chi connectivity index (χ1v) is 11.9. The van der Waals surface area contributed by atoms with Crippen LogP contribution in [0.3, 0.4) is 0 Å². The third-order valence-corrected chi connectivity index (χ3v) is 5.85. The molecule has 2 aromatic carbocycles. The number of carboxylic acid groups (broad SMARTS) is 1. The van der Waals surface area contributed by atoms with Crippen LogP contribution in [0.4, 0.5) is 15.3 Å². The number of carbonyl (C=O) groups excluding carboxylic acids is 2. The van der Waals surface area contributed by atoms with Crippen molar-refractivity contribution in [2.75, 3.05) is 13.6 Å². The molecule has 10 heteroatoms. The molecule has 184 valence electrons. The Kier molecular flexibility index (Phi) is 7.96. The van der Waals surface area contributed by atoms with Crippen molar-refractivity contribution in [3.05, 3.63) is 70.1 Å². The van der Waals surface area contributed by atoms with Crippen molar-refractivity contribution in [1.82, 2.24) is 9.38 Å². The zero-order valence-corrected chi connectivity index (χ0v) is 22.1. The average molecular weight is 592 g/mol. The highest BCUT2D eigenvalue weighted by molar-refractivity contribution is 14.1. The number of esters is 1. The summed E-state index contributed by atoms with van der Waals surface area (Å²) in [6.07, 6.45) is 1.44. The van der Waals surface area contributed by atoms with Gasteiger partial charge in [0.1, 0.15) is 17.6 Å². The summed E-state index contributed by atoms with van der Waals surface area (Å²) in [5.41, 5.74) is 0.178. The number of ether oxygens (including phenoxy) is 2. The number of hydrogen-bond donors (Lipinski definition) is 1. The van der Waals surface area contributed by atoms with E-state index in [-0.39, 0.29) is 18.7 Å². The zero-order valence-electron chi connectivity index (χ0n) is 19.9. The van der Waals surface area contributed by atoms with Gasteiger partial charge in [-0.25, -0.2) is 14.6 Å². The third-order valence-electron chi connectivity index (χ3n) is 5.13. The lowest BCUT2D eigenvalue weighted by Crippen LogP contribution is -2.52. The van der Waals surface area contributed by atoms with Gasteiger partial charge in [0.15, 0.2) is 5.69 Å². The molecule has 35 heavy (non-hydrogen) atoms. The highest BCUT2D eigenvalue weighted by atomic mass is 127. The maximum atomic E-state index is 12.4. The van der Waals surface area contributed by atoms with E-state index >= 15 is 0 Å². The van der Waals surface area contributed by atoms with Gasteiger partial charge in [-0.15, -0.1) is 4.48 Å². The number of nitrogens with zero attached hydrogens (tertiary/aromatic N) is 3. The Hall–Kier alpha value is -3.25. The molecule has 3 rings (SSSR count). The van der Waals surface area contributed by atoms with Gasteiger partial charge < -0.3 is 19.5 Å². The minimum Gasteiger partial charge on any atom is -0.444 e. The van der Waals surface area contributed by atoms with Crippen LogP contribution in [0.25, 0.3) is 0 Å². The van der Waals surface area contributed by atoms with E-state index < -0.39 is 28.2 Å². The quantitative estimate of drug-likeness (QED) is 0.202. The fourth-order valence-electron chi connectivity index (χ4n) is 3.36. The fraction of sp³-hybridized carbons (Fsp3) is 0.280. The molecule has 0 aromatic heterocycles. The van der Waals surface area contributed by atoms with Gasteiger partial charge in [-0.2, -0.15) is 4.79 Å². The molecule has 1 unspecified atom stereocenters. The van der Waals surface area contributed by atoms with Gasteiger partial charge >= 0.3 is 18.2 Å². The zero-order chi connectivity index (χ0) is 25.8. The van der Waals surface area contributed by atoms with Gasteiger partial charge in [0, 0.05) is 29.3 Å². The second-order valence-electron chi connectivity index (χ2n) is 8.89. The number of amides is 2. The summed E-state index contributed by atoms with van der Waals surface area (Å²) in [5.74, 6) is 0.105. The molecule has 1 aliphatic heterocycles. The number of rotatable bonds is 6. The van der Waals surface area contributed by atoms with Crippen LogP contribution in [0.2, 0.25) is 0 Å². The molecule has 0 radical (unpaired) electrons. The van der Waals surface area contributed by atoms with Crippen molar-refractivity contribution in [2.45, 2.75) is 32.8 Å². The van der Waals surface area contributed by atoms with Crippen LogP contribution in [0.1, 0.15) is 37.6 Å². The minimum atomic E-state index is -1.15. The minimum absolute atomic E-state index is 0.207. The lowest BCUT2D eigenvalue weighted by molar-refractivity contribution is 0.0302. The van der Waals surface area contributed by atoms with E-state index in [4.69, 9.17) is 9.47 Å². The van der Waals surface area contributed by atoms with E-state index in [9.17, 15) is 19.5 Å². The highest BCUT2D eigenvalue weighted by Crippen LogP contribution is 2.32. The van der Waals surface area contributed by atoms with E-state index in [0.717, 1.165) is 3.57 Å². The molecule has 0 saturated heterocycles. The first-order chi connectivity index (χ1) is 16.4. The molecule has 1 N–H and O–H groups in total. The van der Waals surface area contributed by atoms with Crippen LogP contribution in [0, 0.1) is 3.57 Å². The van der Waals surface area contributed by atoms with Crippen molar-refractivity contribution >= 4 is 52.3 Å².